The van der Waals surface area contributed by atoms with Crippen LogP contribution in [0.1, 0.15) is 35.6 Å². The fourth-order valence-electron chi connectivity index (χ4n) is 2.66. The van der Waals surface area contributed by atoms with Gasteiger partial charge in [-0.15, -0.1) is 0 Å². The molecule has 1 aliphatic carbocycles. The molecule has 1 aromatic carbocycles. The molecule has 0 aliphatic heterocycles. The Balaban J connectivity index is 1.69. The lowest BCUT2D eigenvalue weighted by atomic mass is 10.0. The van der Waals surface area contributed by atoms with Gasteiger partial charge in [0.25, 0.3) is 0 Å². The lowest BCUT2D eigenvalue weighted by Gasteiger charge is -2.19. The van der Waals surface area contributed by atoms with E-state index in [-0.39, 0.29) is 0 Å². The predicted octanol–water partition coefficient (Wildman–Crippen LogP) is 3.64. The van der Waals surface area contributed by atoms with Gasteiger partial charge >= 0.3 is 0 Å². The number of ether oxygens (including phenoxy) is 1. The van der Waals surface area contributed by atoms with Gasteiger partial charge in [0.05, 0.1) is 7.11 Å². The number of rotatable bonds is 6. The summed E-state index contributed by atoms with van der Waals surface area (Å²) in [6, 6.07) is 13.4. The summed E-state index contributed by atoms with van der Waals surface area (Å²) in [6.07, 6.45) is 4.45. The number of methoxy groups -OCH3 is 1. The van der Waals surface area contributed by atoms with Gasteiger partial charge in [-0.25, -0.2) is 4.98 Å². The third-order valence-corrected chi connectivity index (χ3v) is 4.06. The van der Waals surface area contributed by atoms with E-state index < -0.39 is 0 Å². The molecular formula is C18H22N2O. The molecule has 1 fully saturated rings. The Labute approximate surface area is 126 Å². The van der Waals surface area contributed by atoms with E-state index in [0.29, 0.717) is 11.9 Å². The molecule has 1 aliphatic rings. The molecular weight excluding hydrogens is 260 g/mol. The van der Waals surface area contributed by atoms with Crippen LogP contribution in [0.5, 0.6) is 5.88 Å². The standard InChI is InChI=1S/C18H22N2O/c1-13-3-5-15(6-4-13)18(16-7-8-16)20-12-14-9-10-19-17(11-14)21-2/h3-6,9-11,16,18,20H,7-8,12H2,1-2H3. The fourth-order valence-corrected chi connectivity index (χ4v) is 2.66. The van der Waals surface area contributed by atoms with E-state index in [9.17, 15) is 0 Å². The first-order chi connectivity index (χ1) is 10.3. The van der Waals surface area contributed by atoms with E-state index in [1.807, 2.05) is 12.1 Å². The Kier molecular flexibility index (Phi) is 4.20. The first-order valence-electron chi connectivity index (χ1n) is 7.55. The number of nitrogens with one attached hydrogen (secondary N) is 1. The molecule has 3 heteroatoms. The summed E-state index contributed by atoms with van der Waals surface area (Å²) in [5.74, 6) is 1.45. The molecule has 1 heterocycles. The van der Waals surface area contributed by atoms with Gasteiger partial charge in [-0.3, -0.25) is 0 Å². The summed E-state index contributed by atoms with van der Waals surface area (Å²) in [5.41, 5.74) is 3.91. The molecule has 1 unspecified atom stereocenters. The largest absolute Gasteiger partial charge is 0.481 e. The minimum absolute atomic E-state index is 0.449. The van der Waals surface area contributed by atoms with Crippen molar-refractivity contribution < 1.29 is 4.74 Å². The van der Waals surface area contributed by atoms with Gasteiger partial charge in [0.15, 0.2) is 0 Å². The minimum Gasteiger partial charge on any atom is -0.481 e. The van der Waals surface area contributed by atoms with Crippen molar-refractivity contribution in [2.75, 3.05) is 7.11 Å². The number of hydrogen-bond donors (Lipinski definition) is 1. The molecule has 1 N–H and O–H groups in total. The van der Waals surface area contributed by atoms with Crippen molar-refractivity contribution in [1.29, 1.82) is 0 Å². The van der Waals surface area contributed by atoms with Gasteiger partial charge in [0.2, 0.25) is 5.88 Å². The number of aryl methyl sites for hydroxylation is 1. The van der Waals surface area contributed by atoms with E-state index in [1.165, 1.54) is 29.5 Å². The zero-order chi connectivity index (χ0) is 14.7. The average Bonchev–Trinajstić information content (AvgIpc) is 3.34. The maximum Gasteiger partial charge on any atom is 0.213 e. The molecule has 3 rings (SSSR count). The normalized spacial score (nSPS) is 15.7. The Morgan fingerprint density at radius 3 is 2.67 bits per heavy atom. The van der Waals surface area contributed by atoms with Gasteiger partial charge in [-0.2, -0.15) is 0 Å². The Hall–Kier alpha value is -1.87. The molecule has 3 nitrogen and oxygen atoms in total. The van der Waals surface area contributed by atoms with Gasteiger partial charge < -0.3 is 10.1 Å². The van der Waals surface area contributed by atoms with Crippen molar-refractivity contribution in [2.45, 2.75) is 32.4 Å². The van der Waals surface area contributed by atoms with Crippen LogP contribution in [0.15, 0.2) is 42.6 Å². The van der Waals surface area contributed by atoms with E-state index in [0.717, 1.165) is 12.5 Å². The number of hydrogen-bond acceptors (Lipinski definition) is 3. The second-order valence-electron chi connectivity index (χ2n) is 5.81. The van der Waals surface area contributed by atoms with Crippen molar-refractivity contribution in [3.05, 3.63) is 59.3 Å². The van der Waals surface area contributed by atoms with Crippen LogP contribution in [-0.2, 0) is 6.54 Å². The second kappa shape index (κ2) is 6.27. The van der Waals surface area contributed by atoms with Crippen molar-refractivity contribution >= 4 is 0 Å². The highest BCUT2D eigenvalue weighted by Crippen LogP contribution is 2.41. The summed E-state index contributed by atoms with van der Waals surface area (Å²) in [4.78, 5) is 4.15. The SMILES string of the molecule is COc1cc(CNC(c2ccc(C)cc2)C2CC2)ccn1. The number of nitrogens with zero attached hydrogens (tertiary/aromatic N) is 1. The molecule has 110 valence electrons. The Morgan fingerprint density at radius 1 is 1.24 bits per heavy atom. The smallest absolute Gasteiger partial charge is 0.213 e. The van der Waals surface area contributed by atoms with Crippen LogP contribution < -0.4 is 10.1 Å². The zero-order valence-corrected chi connectivity index (χ0v) is 12.7. The molecule has 0 spiro atoms. The molecule has 0 radical (unpaired) electrons. The van der Waals surface area contributed by atoms with E-state index >= 15 is 0 Å². The van der Waals surface area contributed by atoms with Gasteiger partial charge in [0, 0.05) is 24.8 Å². The first-order valence-corrected chi connectivity index (χ1v) is 7.55. The maximum atomic E-state index is 5.18. The fraction of sp³-hybridized carbons (Fsp3) is 0.389. The van der Waals surface area contributed by atoms with Crippen LogP contribution in [-0.4, -0.2) is 12.1 Å². The minimum atomic E-state index is 0.449. The topological polar surface area (TPSA) is 34.1 Å². The molecule has 0 amide bonds. The van der Waals surface area contributed by atoms with Crippen molar-refractivity contribution in [3.63, 3.8) is 0 Å². The van der Waals surface area contributed by atoms with Crippen molar-refractivity contribution in [1.82, 2.24) is 10.3 Å². The predicted molar refractivity (Wildman–Crippen MR) is 84.3 cm³/mol. The summed E-state index contributed by atoms with van der Waals surface area (Å²) in [5, 5.41) is 3.70. The highest BCUT2D eigenvalue weighted by atomic mass is 16.5. The van der Waals surface area contributed by atoms with Crippen molar-refractivity contribution in [3.8, 4) is 5.88 Å². The van der Waals surface area contributed by atoms with E-state index in [4.69, 9.17) is 4.74 Å². The first kappa shape index (κ1) is 14.1. The summed E-state index contributed by atoms with van der Waals surface area (Å²) < 4.78 is 5.18. The Morgan fingerprint density at radius 2 is 2.00 bits per heavy atom. The summed E-state index contributed by atoms with van der Waals surface area (Å²) in [7, 11) is 1.65. The monoisotopic (exact) mass is 282 g/mol. The number of pyridine rings is 1. The van der Waals surface area contributed by atoms with Gasteiger partial charge in [0.1, 0.15) is 0 Å². The third kappa shape index (κ3) is 3.61. The van der Waals surface area contributed by atoms with Crippen molar-refractivity contribution in [2.24, 2.45) is 5.92 Å². The molecule has 0 bridgehead atoms. The third-order valence-electron chi connectivity index (χ3n) is 4.06. The molecule has 2 aromatic rings. The second-order valence-corrected chi connectivity index (χ2v) is 5.81. The van der Waals surface area contributed by atoms with Gasteiger partial charge in [-0.1, -0.05) is 29.8 Å². The summed E-state index contributed by atoms with van der Waals surface area (Å²) in [6.45, 7) is 2.97. The molecule has 0 saturated heterocycles. The lowest BCUT2D eigenvalue weighted by molar-refractivity contribution is 0.396. The van der Waals surface area contributed by atoms with Crippen LogP contribution >= 0.6 is 0 Å². The summed E-state index contributed by atoms with van der Waals surface area (Å²) >= 11 is 0. The van der Waals surface area contributed by atoms with Crippen LogP contribution in [0, 0.1) is 12.8 Å². The molecule has 1 atom stereocenters. The van der Waals surface area contributed by atoms with Crippen LogP contribution in [0.3, 0.4) is 0 Å². The zero-order valence-electron chi connectivity index (χ0n) is 12.7. The number of benzene rings is 1. The Bertz CT molecular complexity index is 590. The highest BCUT2D eigenvalue weighted by Gasteiger charge is 2.31. The van der Waals surface area contributed by atoms with Gasteiger partial charge in [-0.05, 0) is 42.9 Å². The number of aromatic nitrogens is 1. The lowest BCUT2D eigenvalue weighted by Crippen LogP contribution is -2.22. The quantitative estimate of drug-likeness (QED) is 0.878. The molecule has 1 aromatic heterocycles. The van der Waals surface area contributed by atoms with E-state index in [1.54, 1.807) is 13.3 Å². The molecule has 1 saturated carbocycles. The average molecular weight is 282 g/mol. The van der Waals surface area contributed by atoms with E-state index in [2.05, 4.69) is 41.5 Å². The van der Waals surface area contributed by atoms with Crippen LogP contribution in [0.4, 0.5) is 0 Å². The molecule has 21 heavy (non-hydrogen) atoms. The highest BCUT2D eigenvalue weighted by molar-refractivity contribution is 5.26. The maximum absolute atomic E-state index is 5.18. The van der Waals surface area contributed by atoms with Crippen LogP contribution in [0.25, 0.3) is 0 Å². The van der Waals surface area contributed by atoms with Crippen LogP contribution in [0.2, 0.25) is 0 Å².